The van der Waals surface area contributed by atoms with Gasteiger partial charge in [-0.05, 0) is 23.3 Å². The van der Waals surface area contributed by atoms with Crippen molar-refractivity contribution in [2.75, 3.05) is 0 Å². The van der Waals surface area contributed by atoms with E-state index in [1.807, 2.05) is 60.7 Å². The van der Waals surface area contributed by atoms with Crippen LogP contribution in [0.25, 0.3) is 0 Å². The molecular formula is C19H16O2. The van der Waals surface area contributed by atoms with E-state index in [0.29, 0.717) is 5.56 Å². The van der Waals surface area contributed by atoms with Crippen molar-refractivity contribution in [2.24, 2.45) is 0 Å². The number of rotatable bonds is 3. The zero-order valence-corrected chi connectivity index (χ0v) is 11.5. The molecule has 3 rings (SSSR count). The van der Waals surface area contributed by atoms with Crippen molar-refractivity contribution < 1.29 is 10.2 Å². The first kappa shape index (κ1) is 13.3. The van der Waals surface area contributed by atoms with Crippen LogP contribution < -0.4 is 0 Å². The van der Waals surface area contributed by atoms with Crippen LogP contribution in [0.1, 0.15) is 22.6 Å². The van der Waals surface area contributed by atoms with Crippen LogP contribution in [0.3, 0.4) is 0 Å². The fourth-order valence-electron chi connectivity index (χ4n) is 2.65. The topological polar surface area (TPSA) is 40.5 Å². The summed E-state index contributed by atoms with van der Waals surface area (Å²) < 4.78 is 0. The molecule has 0 radical (unpaired) electrons. The lowest BCUT2D eigenvalue weighted by Gasteiger charge is -2.20. The van der Waals surface area contributed by atoms with Crippen molar-refractivity contribution in [1.82, 2.24) is 0 Å². The second kappa shape index (κ2) is 5.71. The van der Waals surface area contributed by atoms with Gasteiger partial charge in [0, 0.05) is 11.5 Å². The zero-order valence-electron chi connectivity index (χ0n) is 11.5. The first-order valence-electron chi connectivity index (χ1n) is 6.88. The molecule has 0 unspecified atom stereocenters. The molecule has 104 valence electrons. The van der Waals surface area contributed by atoms with Crippen molar-refractivity contribution in [3.8, 4) is 11.5 Å². The van der Waals surface area contributed by atoms with E-state index in [1.165, 1.54) is 0 Å². The predicted molar refractivity (Wildman–Crippen MR) is 83.6 cm³/mol. The minimum absolute atomic E-state index is 0.104. The van der Waals surface area contributed by atoms with E-state index in [9.17, 15) is 10.2 Å². The molecule has 0 aromatic heterocycles. The molecule has 0 aliphatic rings. The quantitative estimate of drug-likeness (QED) is 0.701. The summed E-state index contributed by atoms with van der Waals surface area (Å²) in [5, 5.41) is 20.4. The Morgan fingerprint density at radius 3 is 1.38 bits per heavy atom. The highest BCUT2D eigenvalue weighted by Gasteiger charge is 2.22. The Kier molecular flexibility index (Phi) is 3.61. The van der Waals surface area contributed by atoms with Crippen LogP contribution in [0, 0.1) is 0 Å². The maximum atomic E-state index is 10.2. The predicted octanol–water partition coefficient (Wildman–Crippen LogP) is 4.28. The second-order valence-corrected chi connectivity index (χ2v) is 4.96. The molecule has 21 heavy (non-hydrogen) atoms. The smallest absolute Gasteiger partial charge is 0.123 e. The standard InChI is InChI=1S/C19H16O2/c20-16-12-7-13-17(21)19(16)18(14-8-3-1-4-9-14)15-10-5-2-6-11-15/h1-13,18,20-21H. The van der Waals surface area contributed by atoms with Gasteiger partial charge in [-0.25, -0.2) is 0 Å². The SMILES string of the molecule is Oc1cccc(O)c1C(c1ccccc1)c1ccccc1. The van der Waals surface area contributed by atoms with Crippen molar-refractivity contribution in [3.63, 3.8) is 0 Å². The fraction of sp³-hybridized carbons (Fsp3) is 0.0526. The lowest BCUT2D eigenvalue weighted by molar-refractivity contribution is 0.437. The third-order valence-electron chi connectivity index (χ3n) is 3.61. The second-order valence-electron chi connectivity index (χ2n) is 4.96. The van der Waals surface area contributed by atoms with E-state index in [0.717, 1.165) is 11.1 Å². The highest BCUT2D eigenvalue weighted by Crippen LogP contribution is 2.41. The summed E-state index contributed by atoms with van der Waals surface area (Å²) in [7, 11) is 0. The van der Waals surface area contributed by atoms with Gasteiger partial charge >= 0.3 is 0 Å². The Morgan fingerprint density at radius 1 is 0.524 bits per heavy atom. The first-order chi connectivity index (χ1) is 10.3. The van der Waals surface area contributed by atoms with Crippen molar-refractivity contribution in [1.29, 1.82) is 0 Å². The molecule has 2 nitrogen and oxygen atoms in total. The van der Waals surface area contributed by atoms with Crippen molar-refractivity contribution >= 4 is 0 Å². The number of hydrogen-bond donors (Lipinski definition) is 2. The van der Waals surface area contributed by atoms with Gasteiger partial charge in [0.1, 0.15) is 11.5 Å². The lowest BCUT2D eigenvalue weighted by atomic mass is 9.84. The van der Waals surface area contributed by atoms with Gasteiger partial charge in [-0.3, -0.25) is 0 Å². The van der Waals surface area contributed by atoms with Crippen LogP contribution in [0.4, 0.5) is 0 Å². The number of phenols is 2. The highest BCUT2D eigenvalue weighted by atomic mass is 16.3. The van der Waals surface area contributed by atoms with E-state index < -0.39 is 0 Å². The van der Waals surface area contributed by atoms with Gasteiger partial charge < -0.3 is 10.2 Å². The summed E-state index contributed by atoms with van der Waals surface area (Å²) >= 11 is 0. The Balaban J connectivity index is 2.23. The van der Waals surface area contributed by atoms with E-state index in [2.05, 4.69) is 0 Å². The van der Waals surface area contributed by atoms with Gasteiger partial charge in [0.15, 0.2) is 0 Å². The Bertz CT molecular complexity index is 661. The summed E-state index contributed by atoms with van der Waals surface area (Å²) in [4.78, 5) is 0. The van der Waals surface area contributed by atoms with Crippen molar-refractivity contribution in [3.05, 3.63) is 95.6 Å². The summed E-state index contributed by atoms with van der Waals surface area (Å²) in [5.74, 6) is 0.00834. The normalized spacial score (nSPS) is 10.7. The molecule has 3 aromatic carbocycles. The van der Waals surface area contributed by atoms with Crippen LogP contribution in [0.2, 0.25) is 0 Å². The molecule has 0 heterocycles. The molecule has 0 fully saturated rings. The van der Waals surface area contributed by atoms with Crippen LogP contribution in [0.15, 0.2) is 78.9 Å². The van der Waals surface area contributed by atoms with Crippen molar-refractivity contribution in [2.45, 2.75) is 5.92 Å². The molecule has 3 aromatic rings. The molecule has 2 N–H and O–H groups in total. The van der Waals surface area contributed by atoms with Gasteiger partial charge in [0.05, 0.1) is 0 Å². The van der Waals surface area contributed by atoms with Crippen LogP contribution in [-0.2, 0) is 0 Å². The molecule has 0 saturated carbocycles. The number of aromatic hydroxyl groups is 2. The minimum Gasteiger partial charge on any atom is -0.507 e. The minimum atomic E-state index is -0.200. The summed E-state index contributed by atoms with van der Waals surface area (Å²) in [6.07, 6.45) is 0. The average Bonchev–Trinajstić information content (AvgIpc) is 2.53. The Labute approximate surface area is 123 Å². The Morgan fingerprint density at radius 2 is 0.952 bits per heavy atom. The van der Waals surface area contributed by atoms with E-state index in [1.54, 1.807) is 18.2 Å². The molecule has 0 aliphatic heterocycles. The molecule has 0 spiro atoms. The molecular weight excluding hydrogens is 260 g/mol. The molecule has 0 aliphatic carbocycles. The maximum absolute atomic E-state index is 10.2. The van der Waals surface area contributed by atoms with Crippen LogP contribution in [0.5, 0.6) is 11.5 Å². The number of benzene rings is 3. The number of hydrogen-bond acceptors (Lipinski definition) is 2. The molecule has 0 bridgehead atoms. The third kappa shape index (κ3) is 2.61. The van der Waals surface area contributed by atoms with E-state index in [-0.39, 0.29) is 17.4 Å². The lowest BCUT2D eigenvalue weighted by Crippen LogP contribution is -2.04. The maximum Gasteiger partial charge on any atom is 0.123 e. The molecule has 2 heteroatoms. The summed E-state index contributed by atoms with van der Waals surface area (Å²) in [6.45, 7) is 0. The van der Waals surface area contributed by atoms with E-state index in [4.69, 9.17) is 0 Å². The van der Waals surface area contributed by atoms with Gasteiger partial charge in [0.2, 0.25) is 0 Å². The average molecular weight is 276 g/mol. The fourth-order valence-corrected chi connectivity index (χ4v) is 2.65. The monoisotopic (exact) mass is 276 g/mol. The zero-order chi connectivity index (χ0) is 14.7. The third-order valence-corrected chi connectivity index (χ3v) is 3.61. The highest BCUT2D eigenvalue weighted by molar-refractivity contribution is 5.54. The molecule has 0 atom stereocenters. The van der Waals surface area contributed by atoms with Gasteiger partial charge in [0.25, 0.3) is 0 Å². The summed E-state index contributed by atoms with van der Waals surface area (Å²) in [6, 6.07) is 24.6. The van der Waals surface area contributed by atoms with E-state index >= 15 is 0 Å². The first-order valence-corrected chi connectivity index (χ1v) is 6.88. The van der Waals surface area contributed by atoms with Gasteiger partial charge in [-0.15, -0.1) is 0 Å². The summed E-state index contributed by atoms with van der Waals surface area (Å²) in [5.41, 5.74) is 2.59. The largest absolute Gasteiger partial charge is 0.507 e. The van der Waals surface area contributed by atoms with Gasteiger partial charge in [-0.2, -0.15) is 0 Å². The van der Waals surface area contributed by atoms with Crippen LogP contribution >= 0.6 is 0 Å². The number of phenolic OH excluding ortho intramolecular Hbond substituents is 2. The van der Waals surface area contributed by atoms with Gasteiger partial charge in [-0.1, -0.05) is 66.7 Å². The van der Waals surface area contributed by atoms with Crippen LogP contribution in [-0.4, -0.2) is 10.2 Å². The molecule has 0 amide bonds. The molecule has 0 saturated heterocycles. The Hall–Kier alpha value is -2.74.